The van der Waals surface area contributed by atoms with Crippen LogP contribution in [-0.4, -0.2) is 24.4 Å². The molecule has 1 fully saturated rings. The van der Waals surface area contributed by atoms with E-state index in [2.05, 4.69) is 5.32 Å². The fraction of sp³-hybridized carbons (Fsp3) is 0.600. The van der Waals surface area contributed by atoms with Crippen molar-refractivity contribution in [1.29, 1.82) is 0 Å². The van der Waals surface area contributed by atoms with Crippen LogP contribution >= 0.6 is 0 Å². The number of nitrogens with one attached hydrogen (secondary N) is 1. The molecule has 0 bridgehead atoms. The minimum absolute atomic E-state index is 0.405. The number of hydrogen-bond donors (Lipinski definition) is 3. The van der Waals surface area contributed by atoms with E-state index in [0.29, 0.717) is 6.54 Å². The molecule has 2 atom stereocenters. The van der Waals surface area contributed by atoms with Crippen molar-refractivity contribution in [2.24, 2.45) is 17.4 Å². The van der Waals surface area contributed by atoms with Crippen LogP contribution in [0.2, 0.25) is 0 Å². The number of carbonyl (C=O) groups is 2. The van der Waals surface area contributed by atoms with Gasteiger partial charge in [-0.05, 0) is 0 Å². The van der Waals surface area contributed by atoms with Crippen molar-refractivity contribution < 1.29 is 9.59 Å². The van der Waals surface area contributed by atoms with E-state index in [1.165, 1.54) is 0 Å². The third-order valence-electron chi connectivity index (χ3n) is 1.63. The molecule has 5 nitrogen and oxygen atoms in total. The highest BCUT2D eigenvalue weighted by Gasteiger charge is 2.38. The number of primary amides is 2. The van der Waals surface area contributed by atoms with Crippen LogP contribution in [0.15, 0.2) is 0 Å². The van der Waals surface area contributed by atoms with Crippen LogP contribution < -0.4 is 16.8 Å². The molecule has 0 radical (unpaired) electrons. The smallest absolute Gasteiger partial charge is 0.235 e. The van der Waals surface area contributed by atoms with Crippen molar-refractivity contribution in [1.82, 2.24) is 5.32 Å². The Hall–Kier alpha value is -1.10. The van der Waals surface area contributed by atoms with E-state index < -0.39 is 23.8 Å². The van der Waals surface area contributed by atoms with Crippen LogP contribution in [0.3, 0.4) is 0 Å². The number of amides is 2. The monoisotopic (exact) mass is 143 g/mol. The van der Waals surface area contributed by atoms with Gasteiger partial charge in [-0.1, -0.05) is 0 Å². The lowest BCUT2D eigenvalue weighted by atomic mass is 9.91. The zero-order chi connectivity index (χ0) is 7.72. The summed E-state index contributed by atoms with van der Waals surface area (Å²) >= 11 is 0. The van der Waals surface area contributed by atoms with Crippen molar-refractivity contribution in [3.8, 4) is 0 Å². The molecule has 56 valence electrons. The van der Waals surface area contributed by atoms with Crippen molar-refractivity contribution in [2.45, 2.75) is 6.04 Å². The molecule has 2 amide bonds. The van der Waals surface area contributed by atoms with E-state index in [0.717, 1.165) is 0 Å². The van der Waals surface area contributed by atoms with E-state index in [1.807, 2.05) is 0 Å². The number of carbonyl (C=O) groups excluding carboxylic acids is 2. The Balaban J connectivity index is 2.51. The summed E-state index contributed by atoms with van der Waals surface area (Å²) in [4.78, 5) is 20.9. The zero-order valence-corrected chi connectivity index (χ0v) is 5.33. The number of hydrogen-bond acceptors (Lipinski definition) is 3. The predicted octanol–water partition coefficient (Wildman–Crippen LogP) is -2.45. The van der Waals surface area contributed by atoms with Crippen molar-refractivity contribution in [3.05, 3.63) is 0 Å². The zero-order valence-electron chi connectivity index (χ0n) is 5.33. The Morgan fingerprint density at radius 3 is 2.00 bits per heavy atom. The van der Waals surface area contributed by atoms with E-state index in [9.17, 15) is 9.59 Å². The second kappa shape index (κ2) is 2.26. The summed E-state index contributed by atoms with van der Waals surface area (Å²) < 4.78 is 0. The minimum Gasteiger partial charge on any atom is -0.369 e. The van der Waals surface area contributed by atoms with Gasteiger partial charge in [-0.25, -0.2) is 0 Å². The summed E-state index contributed by atoms with van der Waals surface area (Å²) in [6.07, 6.45) is 0. The molecular weight excluding hydrogens is 134 g/mol. The third-order valence-corrected chi connectivity index (χ3v) is 1.63. The molecule has 0 aromatic rings. The van der Waals surface area contributed by atoms with Crippen LogP contribution in [0, 0.1) is 5.92 Å². The SMILES string of the molecule is NC(=O)[C@H]1CN[C@H]1C(N)=O. The van der Waals surface area contributed by atoms with E-state index >= 15 is 0 Å². The van der Waals surface area contributed by atoms with Gasteiger partial charge in [0.15, 0.2) is 0 Å². The van der Waals surface area contributed by atoms with Crippen molar-refractivity contribution in [3.63, 3.8) is 0 Å². The Morgan fingerprint density at radius 2 is 1.90 bits per heavy atom. The first-order valence-corrected chi connectivity index (χ1v) is 2.95. The molecule has 1 saturated heterocycles. The van der Waals surface area contributed by atoms with E-state index in [4.69, 9.17) is 11.5 Å². The summed E-state index contributed by atoms with van der Waals surface area (Å²) in [5.41, 5.74) is 9.86. The lowest BCUT2D eigenvalue weighted by molar-refractivity contribution is -0.132. The molecule has 5 N–H and O–H groups in total. The average Bonchev–Trinajstić information content (AvgIpc) is 1.56. The highest BCUT2D eigenvalue weighted by atomic mass is 16.2. The van der Waals surface area contributed by atoms with Crippen LogP contribution in [0.4, 0.5) is 0 Å². The second-order valence-corrected chi connectivity index (χ2v) is 2.30. The van der Waals surface area contributed by atoms with Gasteiger partial charge in [0.1, 0.15) is 0 Å². The molecule has 0 aromatic carbocycles. The van der Waals surface area contributed by atoms with Crippen molar-refractivity contribution >= 4 is 11.8 Å². The molecule has 0 spiro atoms. The Labute approximate surface area is 57.7 Å². The van der Waals surface area contributed by atoms with Gasteiger partial charge in [0.25, 0.3) is 0 Å². The summed E-state index contributed by atoms with van der Waals surface area (Å²) in [5.74, 6) is -1.39. The summed E-state index contributed by atoms with van der Waals surface area (Å²) in [5, 5.41) is 2.70. The summed E-state index contributed by atoms with van der Waals surface area (Å²) in [7, 11) is 0. The molecular formula is C5H9N3O2. The van der Waals surface area contributed by atoms with Crippen LogP contribution in [-0.2, 0) is 9.59 Å². The fourth-order valence-electron chi connectivity index (χ4n) is 0.917. The molecule has 5 heteroatoms. The first-order valence-electron chi connectivity index (χ1n) is 2.95. The van der Waals surface area contributed by atoms with Gasteiger partial charge in [-0.15, -0.1) is 0 Å². The normalized spacial score (nSPS) is 30.8. The van der Waals surface area contributed by atoms with Crippen molar-refractivity contribution in [2.75, 3.05) is 6.54 Å². The van der Waals surface area contributed by atoms with Crippen LogP contribution in [0.25, 0.3) is 0 Å². The minimum atomic E-state index is -0.544. The van der Waals surface area contributed by atoms with Gasteiger partial charge in [0, 0.05) is 6.54 Å². The lowest BCUT2D eigenvalue weighted by Crippen LogP contribution is -2.63. The third kappa shape index (κ3) is 0.950. The quantitative estimate of drug-likeness (QED) is 0.400. The molecule has 0 saturated carbocycles. The van der Waals surface area contributed by atoms with Crippen LogP contribution in [0.1, 0.15) is 0 Å². The van der Waals surface area contributed by atoms with Gasteiger partial charge >= 0.3 is 0 Å². The molecule has 1 aliphatic rings. The predicted molar refractivity (Wildman–Crippen MR) is 33.7 cm³/mol. The topological polar surface area (TPSA) is 98.2 Å². The maximum Gasteiger partial charge on any atom is 0.235 e. The highest BCUT2D eigenvalue weighted by molar-refractivity contribution is 5.90. The maximum atomic E-state index is 10.5. The first-order chi connectivity index (χ1) is 4.63. The molecule has 1 aliphatic heterocycles. The van der Waals surface area contributed by atoms with E-state index in [-0.39, 0.29) is 0 Å². The Kier molecular flexibility index (Phi) is 1.58. The van der Waals surface area contributed by atoms with Gasteiger partial charge in [0.2, 0.25) is 11.8 Å². The number of nitrogens with two attached hydrogens (primary N) is 2. The van der Waals surface area contributed by atoms with Gasteiger partial charge in [0.05, 0.1) is 12.0 Å². The first kappa shape index (κ1) is 7.01. The average molecular weight is 143 g/mol. The maximum absolute atomic E-state index is 10.5. The molecule has 0 aliphatic carbocycles. The second-order valence-electron chi connectivity index (χ2n) is 2.30. The molecule has 10 heavy (non-hydrogen) atoms. The Bertz CT molecular complexity index is 160. The van der Waals surface area contributed by atoms with Gasteiger partial charge in [-0.3, -0.25) is 9.59 Å². The summed E-state index contributed by atoms with van der Waals surface area (Å²) in [6, 6.07) is -0.544. The largest absolute Gasteiger partial charge is 0.369 e. The molecule has 0 unspecified atom stereocenters. The molecule has 0 aromatic heterocycles. The van der Waals surface area contributed by atoms with Crippen LogP contribution in [0.5, 0.6) is 0 Å². The Morgan fingerprint density at radius 1 is 1.30 bits per heavy atom. The highest BCUT2D eigenvalue weighted by Crippen LogP contribution is 2.10. The lowest BCUT2D eigenvalue weighted by Gasteiger charge is -2.32. The standard InChI is InChI=1S/C5H9N3O2/c6-4(9)2-1-8-3(2)5(7)10/h2-3,8H,1H2,(H2,6,9)(H2,7,10)/t2-,3+/m0/s1. The number of rotatable bonds is 2. The molecule has 1 rings (SSSR count). The summed E-state index contributed by atoms with van der Waals surface area (Å²) in [6.45, 7) is 0.461. The van der Waals surface area contributed by atoms with E-state index in [1.54, 1.807) is 0 Å². The molecule has 1 heterocycles. The van der Waals surface area contributed by atoms with Gasteiger partial charge < -0.3 is 16.8 Å². The fourth-order valence-corrected chi connectivity index (χ4v) is 0.917. The van der Waals surface area contributed by atoms with Gasteiger partial charge in [-0.2, -0.15) is 0 Å².